The molecule has 33 heavy (non-hydrogen) atoms. The lowest BCUT2D eigenvalue weighted by Gasteiger charge is -2.37. The van der Waals surface area contributed by atoms with E-state index in [0.29, 0.717) is 17.9 Å². The Labute approximate surface area is 209 Å². The van der Waals surface area contributed by atoms with E-state index in [1.54, 1.807) is 0 Å². The molecule has 2 aromatic rings. The molecule has 0 saturated carbocycles. The van der Waals surface area contributed by atoms with E-state index < -0.39 is 0 Å². The number of rotatable bonds is 3. The number of fused-ring (bicyclic) bond motifs is 5. The maximum atomic E-state index is 13.3. The molecule has 0 spiro atoms. The van der Waals surface area contributed by atoms with Crippen molar-refractivity contribution in [3.05, 3.63) is 69.1 Å². The Morgan fingerprint density at radius 2 is 1.70 bits per heavy atom. The van der Waals surface area contributed by atoms with Crippen molar-refractivity contribution in [3.63, 3.8) is 0 Å². The van der Waals surface area contributed by atoms with Crippen molar-refractivity contribution in [1.82, 2.24) is 19.7 Å². The van der Waals surface area contributed by atoms with Gasteiger partial charge in [0.2, 0.25) is 0 Å². The molecule has 0 amide bonds. The van der Waals surface area contributed by atoms with Gasteiger partial charge in [-0.15, -0.1) is 24.8 Å². The van der Waals surface area contributed by atoms with E-state index in [1.807, 2.05) is 0 Å². The first-order valence-electron chi connectivity index (χ1n) is 12.2. The summed E-state index contributed by atoms with van der Waals surface area (Å²) in [6, 6.07) is 14.0. The van der Waals surface area contributed by atoms with Gasteiger partial charge in [0.25, 0.3) is 5.56 Å². The summed E-state index contributed by atoms with van der Waals surface area (Å²) in [5.74, 6) is 1.12. The lowest BCUT2D eigenvalue weighted by Crippen LogP contribution is -2.45. The Hall–Kier alpha value is -1.37. The molecular formula is C26H36Cl2N4O. The Balaban J connectivity index is 0.00000130. The highest BCUT2D eigenvalue weighted by atomic mass is 35.5. The Bertz CT molecular complexity index is 1000. The summed E-state index contributed by atoms with van der Waals surface area (Å²) >= 11 is 0. The van der Waals surface area contributed by atoms with Crippen molar-refractivity contribution in [2.75, 3.05) is 39.3 Å². The van der Waals surface area contributed by atoms with Crippen LogP contribution >= 0.6 is 24.8 Å². The minimum Gasteiger partial charge on any atom is -0.316 e. The summed E-state index contributed by atoms with van der Waals surface area (Å²) < 4.78 is 2.11. The van der Waals surface area contributed by atoms with E-state index in [0.717, 1.165) is 51.4 Å². The number of halogens is 2. The molecule has 5 nitrogen and oxygen atoms in total. The van der Waals surface area contributed by atoms with Gasteiger partial charge < -0.3 is 9.88 Å². The van der Waals surface area contributed by atoms with Crippen molar-refractivity contribution in [2.24, 2.45) is 5.92 Å². The molecule has 1 aliphatic carbocycles. The third kappa shape index (κ3) is 4.89. The van der Waals surface area contributed by atoms with E-state index in [4.69, 9.17) is 0 Å². The number of nitrogens with one attached hydrogen (secondary N) is 1. The molecular weight excluding hydrogens is 455 g/mol. The minimum absolute atomic E-state index is 0. The first kappa shape index (κ1) is 24.7. The average molecular weight is 492 g/mol. The third-order valence-corrected chi connectivity index (χ3v) is 8.15. The Kier molecular flexibility index (Phi) is 7.87. The smallest absolute Gasteiger partial charge is 0.255 e. The van der Waals surface area contributed by atoms with Crippen LogP contribution in [0.25, 0.3) is 0 Å². The summed E-state index contributed by atoms with van der Waals surface area (Å²) in [7, 11) is 0. The molecule has 2 atom stereocenters. The molecule has 6 rings (SSSR count). The predicted octanol–water partition coefficient (Wildman–Crippen LogP) is 3.07. The molecule has 2 saturated heterocycles. The fraction of sp³-hybridized carbons (Fsp3) is 0.577. The molecule has 3 aliphatic heterocycles. The highest BCUT2D eigenvalue weighted by molar-refractivity contribution is 5.85. The van der Waals surface area contributed by atoms with Crippen LogP contribution in [0, 0.1) is 5.92 Å². The summed E-state index contributed by atoms with van der Waals surface area (Å²) in [6.07, 6.45) is 4.81. The number of nitrogens with zero attached hydrogens (tertiary/aromatic N) is 3. The fourth-order valence-electron chi connectivity index (χ4n) is 6.51. The highest BCUT2D eigenvalue weighted by Crippen LogP contribution is 2.32. The first-order valence-corrected chi connectivity index (χ1v) is 12.2. The van der Waals surface area contributed by atoms with Crippen LogP contribution in [0.1, 0.15) is 41.1 Å². The second-order valence-corrected chi connectivity index (χ2v) is 10.2. The van der Waals surface area contributed by atoms with Crippen LogP contribution in [-0.2, 0) is 25.9 Å². The van der Waals surface area contributed by atoms with Gasteiger partial charge in [-0.3, -0.25) is 14.6 Å². The van der Waals surface area contributed by atoms with E-state index in [9.17, 15) is 4.79 Å². The van der Waals surface area contributed by atoms with Crippen LogP contribution in [0.4, 0.5) is 0 Å². The number of pyridine rings is 1. The Morgan fingerprint density at radius 3 is 2.48 bits per heavy atom. The molecule has 2 bridgehead atoms. The van der Waals surface area contributed by atoms with Crippen molar-refractivity contribution in [3.8, 4) is 0 Å². The molecule has 4 heterocycles. The second-order valence-electron chi connectivity index (χ2n) is 10.2. The first-order chi connectivity index (χ1) is 15.2. The molecule has 0 unspecified atom stereocenters. The van der Waals surface area contributed by atoms with Crippen LogP contribution in [0.5, 0.6) is 0 Å². The van der Waals surface area contributed by atoms with E-state index >= 15 is 0 Å². The zero-order valence-corrected chi connectivity index (χ0v) is 20.9. The largest absolute Gasteiger partial charge is 0.316 e. The van der Waals surface area contributed by atoms with E-state index in [-0.39, 0.29) is 30.4 Å². The maximum absolute atomic E-state index is 13.3. The van der Waals surface area contributed by atoms with Gasteiger partial charge >= 0.3 is 0 Å². The van der Waals surface area contributed by atoms with Gasteiger partial charge in [0.05, 0.1) is 0 Å². The van der Waals surface area contributed by atoms with Crippen LogP contribution in [-0.4, -0.2) is 59.7 Å². The molecule has 1 aromatic heterocycles. The van der Waals surface area contributed by atoms with Crippen LogP contribution in [0.15, 0.2) is 41.2 Å². The van der Waals surface area contributed by atoms with E-state index in [2.05, 4.69) is 56.1 Å². The van der Waals surface area contributed by atoms with Crippen molar-refractivity contribution >= 4 is 24.8 Å². The van der Waals surface area contributed by atoms with Gasteiger partial charge in [-0.1, -0.05) is 30.3 Å². The van der Waals surface area contributed by atoms with Crippen LogP contribution < -0.4 is 10.9 Å². The zero-order chi connectivity index (χ0) is 20.8. The van der Waals surface area contributed by atoms with Crippen molar-refractivity contribution in [2.45, 2.75) is 50.7 Å². The van der Waals surface area contributed by atoms with Gasteiger partial charge in [-0.05, 0) is 68.4 Å². The maximum Gasteiger partial charge on any atom is 0.255 e. The molecule has 180 valence electrons. The monoisotopic (exact) mass is 490 g/mol. The van der Waals surface area contributed by atoms with Crippen molar-refractivity contribution in [1.29, 1.82) is 0 Å². The van der Waals surface area contributed by atoms with Gasteiger partial charge in [-0.2, -0.15) is 0 Å². The Morgan fingerprint density at radius 1 is 0.909 bits per heavy atom. The number of hydrogen-bond acceptors (Lipinski definition) is 4. The minimum atomic E-state index is 0. The summed E-state index contributed by atoms with van der Waals surface area (Å²) in [6.45, 7) is 8.19. The van der Waals surface area contributed by atoms with Gasteiger partial charge in [0.1, 0.15) is 0 Å². The summed E-state index contributed by atoms with van der Waals surface area (Å²) in [5.41, 5.74) is 5.58. The molecule has 2 fully saturated rings. The normalized spacial score (nSPS) is 25.3. The van der Waals surface area contributed by atoms with Crippen LogP contribution in [0.3, 0.4) is 0 Å². The molecule has 1 N–H and O–H groups in total. The standard InChI is InChI=1S/C26H34N4O.2ClH/c31-26-22(6-7-25-23-12-19(15-27-16-23)17-30(25)26)18-28-8-3-9-29(11-10-28)24-13-20-4-1-2-5-21(20)14-24;;/h1-2,4-7,19,23-24,27H,3,8-18H2;2*1H/t19-,23+;;/m0../s1. The lowest BCUT2D eigenvalue weighted by atomic mass is 9.84. The summed E-state index contributed by atoms with van der Waals surface area (Å²) in [5, 5.41) is 3.54. The molecule has 7 heteroatoms. The fourth-order valence-corrected chi connectivity index (χ4v) is 6.51. The van der Waals surface area contributed by atoms with Gasteiger partial charge in [-0.25, -0.2) is 0 Å². The molecule has 0 radical (unpaired) electrons. The third-order valence-electron chi connectivity index (χ3n) is 8.15. The lowest BCUT2D eigenvalue weighted by molar-refractivity contribution is 0.200. The number of benzene rings is 1. The average Bonchev–Trinajstić information content (AvgIpc) is 3.08. The predicted molar refractivity (Wildman–Crippen MR) is 138 cm³/mol. The van der Waals surface area contributed by atoms with E-state index in [1.165, 1.54) is 49.0 Å². The van der Waals surface area contributed by atoms with Gasteiger partial charge in [0, 0.05) is 55.9 Å². The quantitative estimate of drug-likeness (QED) is 0.717. The second kappa shape index (κ2) is 10.5. The molecule has 1 aromatic carbocycles. The SMILES string of the molecule is Cl.Cl.O=c1c(CN2CCCN(C3Cc4ccccc4C3)CC2)ccc2n1C[C@@H]1CNC[C@H]2C1. The van der Waals surface area contributed by atoms with Crippen LogP contribution in [0.2, 0.25) is 0 Å². The van der Waals surface area contributed by atoms with Crippen molar-refractivity contribution < 1.29 is 0 Å². The highest BCUT2D eigenvalue weighted by Gasteiger charge is 2.32. The topological polar surface area (TPSA) is 40.5 Å². The zero-order valence-electron chi connectivity index (χ0n) is 19.2. The number of aromatic nitrogens is 1. The summed E-state index contributed by atoms with van der Waals surface area (Å²) in [4.78, 5) is 18.5. The number of hydrogen-bond donors (Lipinski definition) is 1. The van der Waals surface area contributed by atoms with Gasteiger partial charge in [0.15, 0.2) is 0 Å². The molecule has 4 aliphatic rings. The number of piperidine rings is 1.